The van der Waals surface area contributed by atoms with Gasteiger partial charge in [-0.3, -0.25) is 0 Å². The molecule has 3 atom stereocenters. The molecule has 0 radical (unpaired) electrons. The first-order valence-corrected chi connectivity index (χ1v) is 10.5. The van der Waals surface area contributed by atoms with E-state index < -0.39 is 11.4 Å². The zero-order chi connectivity index (χ0) is 22.0. The van der Waals surface area contributed by atoms with Gasteiger partial charge in [-0.25, -0.2) is 15.1 Å². The number of carboxylic acid groups (broad SMARTS) is 1. The van der Waals surface area contributed by atoms with E-state index in [-0.39, 0.29) is 29.1 Å². The van der Waals surface area contributed by atoms with Crippen LogP contribution in [0.3, 0.4) is 0 Å². The highest BCUT2D eigenvalue weighted by Crippen LogP contribution is 2.59. The molecule has 2 aliphatic heterocycles. The molecule has 1 aromatic carbocycles. The predicted octanol–water partition coefficient (Wildman–Crippen LogP) is 3.69. The zero-order valence-electron chi connectivity index (χ0n) is 17.7. The van der Waals surface area contributed by atoms with Crippen LogP contribution in [0.5, 0.6) is 0 Å². The average molecular weight is 424 g/mol. The highest BCUT2D eigenvalue weighted by atomic mass is 16.7. The van der Waals surface area contributed by atoms with E-state index in [1.54, 1.807) is 12.0 Å². The van der Waals surface area contributed by atoms with Gasteiger partial charge in [0.15, 0.2) is 11.8 Å². The lowest BCUT2D eigenvalue weighted by Crippen LogP contribution is -2.34. The largest absolute Gasteiger partial charge is 0.475 e. The van der Waals surface area contributed by atoms with E-state index in [0.29, 0.717) is 30.0 Å². The Morgan fingerprint density at radius 2 is 2.10 bits per heavy atom. The van der Waals surface area contributed by atoms with Gasteiger partial charge >= 0.3 is 11.9 Å². The van der Waals surface area contributed by atoms with E-state index >= 15 is 0 Å². The van der Waals surface area contributed by atoms with Gasteiger partial charge < -0.3 is 19.1 Å². The lowest BCUT2D eigenvalue weighted by Gasteiger charge is -2.36. The maximum atomic E-state index is 12.2. The Morgan fingerprint density at radius 3 is 2.71 bits per heavy atom. The highest BCUT2D eigenvalue weighted by molar-refractivity contribution is 6.07. The van der Waals surface area contributed by atoms with Crippen LogP contribution in [0.2, 0.25) is 0 Å². The third-order valence-electron chi connectivity index (χ3n) is 6.80. The van der Waals surface area contributed by atoms with Crippen molar-refractivity contribution < 1.29 is 28.7 Å². The number of aliphatic imine (C=N–C) groups is 1. The number of hydroxylamine groups is 1. The van der Waals surface area contributed by atoms with E-state index in [4.69, 9.17) is 14.0 Å². The van der Waals surface area contributed by atoms with E-state index in [9.17, 15) is 14.7 Å². The van der Waals surface area contributed by atoms with Gasteiger partial charge in [-0.15, -0.1) is 0 Å². The van der Waals surface area contributed by atoms with E-state index in [1.165, 1.54) is 0 Å². The number of amidine groups is 1. The molecule has 5 rings (SSSR count). The molecular weight excluding hydrogens is 400 g/mol. The lowest BCUT2D eigenvalue weighted by molar-refractivity contribution is -0.0591. The lowest BCUT2D eigenvalue weighted by atomic mass is 9.79. The number of carbonyl (C=O) groups is 1. The quantitative estimate of drug-likeness (QED) is 0.720. The molecule has 31 heavy (non-hydrogen) atoms. The number of ether oxygens (including phenoxy) is 1. The zero-order valence-corrected chi connectivity index (χ0v) is 17.7. The number of fused-ring (bicyclic) bond motifs is 1. The van der Waals surface area contributed by atoms with Gasteiger partial charge in [0.25, 0.3) is 0 Å². The van der Waals surface area contributed by atoms with Gasteiger partial charge in [0.05, 0.1) is 11.0 Å². The molecule has 1 aliphatic carbocycles. The van der Waals surface area contributed by atoms with Crippen LogP contribution in [0.15, 0.2) is 33.5 Å². The van der Waals surface area contributed by atoms with Crippen LogP contribution >= 0.6 is 0 Å². The van der Waals surface area contributed by atoms with E-state index in [0.717, 1.165) is 23.8 Å². The SMILES string of the molecule is C[C@H]1C[C@]1(C1=NC(=C=O)ON1)c1c(C(=O)O)oc2cccc([C@H]3CCOC(C)(C)C3)c12. The number of carbonyl (C=O) groups excluding carboxylic acids is 1. The standard InChI is InChI=1S/C23H24N2O6/c1-12-9-23(12,21-24-16(11-26)31-25-21)18-17-14(13-7-8-29-22(2,3)10-13)5-4-6-15(17)30-19(18)20(27)28/h4-6,12-13H,7-10H2,1-3H3,(H,24,25)(H,27,28)/t12-,13-,23+/m0/s1. The van der Waals surface area contributed by atoms with Crippen LogP contribution in [0.4, 0.5) is 0 Å². The van der Waals surface area contributed by atoms with Crippen LogP contribution in [0, 0.1) is 5.92 Å². The average Bonchev–Trinajstić information content (AvgIpc) is 3.11. The molecule has 2 N–H and O–H groups in total. The number of rotatable bonds is 4. The molecule has 1 aromatic heterocycles. The number of hydrogen-bond acceptors (Lipinski definition) is 7. The van der Waals surface area contributed by atoms with Crippen LogP contribution in [0.25, 0.3) is 11.0 Å². The number of benzene rings is 1. The summed E-state index contributed by atoms with van der Waals surface area (Å²) in [6.45, 7) is 6.82. The number of nitrogens with zero attached hydrogens (tertiary/aromatic N) is 1. The Bertz CT molecular complexity index is 1170. The topological polar surface area (TPSA) is 110 Å². The van der Waals surface area contributed by atoms with Gasteiger partial charge in [-0.05, 0) is 56.6 Å². The third kappa shape index (κ3) is 2.98. The normalized spacial score (nSPS) is 29.1. The molecule has 162 valence electrons. The van der Waals surface area contributed by atoms with Crippen molar-refractivity contribution in [2.24, 2.45) is 10.9 Å². The smallest absolute Gasteiger partial charge is 0.372 e. The summed E-state index contributed by atoms with van der Waals surface area (Å²) in [5.74, 6) is 0.945. The monoisotopic (exact) mass is 424 g/mol. The summed E-state index contributed by atoms with van der Waals surface area (Å²) in [4.78, 5) is 32.6. The molecule has 8 heteroatoms. The molecule has 1 saturated heterocycles. The molecule has 8 nitrogen and oxygen atoms in total. The van der Waals surface area contributed by atoms with Crippen molar-refractivity contribution in [2.45, 2.75) is 57.0 Å². The minimum absolute atomic E-state index is 0.0893. The van der Waals surface area contributed by atoms with Crippen molar-refractivity contribution in [2.75, 3.05) is 6.61 Å². The first-order chi connectivity index (χ1) is 14.8. The fourth-order valence-electron chi connectivity index (χ4n) is 5.29. The fraction of sp³-hybridized carbons (Fsp3) is 0.478. The Kier molecular flexibility index (Phi) is 4.29. The number of carboxylic acids is 1. The van der Waals surface area contributed by atoms with Crippen molar-refractivity contribution in [1.82, 2.24) is 5.48 Å². The molecule has 0 amide bonds. The molecule has 3 heterocycles. The van der Waals surface area contributed by atoms with Gasteiger partial charge in [-0.1, -0.05) is 19.1 Å². The molecule has 3 aliphatic rings. The van der Waals surface area contributed by atoms with Gasteiger partial charge in [-0.2, -0.15) is 4.99 Å². The van der Waals surface area contributed by atoms with Crippen molar-refractivity contribution >= 4 is 28.7 Å². The van der Waals surface area contributed by atoms with E-state index in [2.05, 4.69) is 30.4 Å². The summed E-state index contributed by atoms with van der Waals surface area (Å²) >= 11 is 0. The molecule has 0 spiro atoms. The number of furan rings is 1. The first kappa shape index (κ1) is 19.8. The van der Waals surface area contributed by atoms with Crippen molar-refractivity contribution in [3.05, 3.63) is 41.0 Å². The Labute approximate surface area is 178 Å². The highest BCUT2D eigenvalue weighted by Gasteiger charge is 2.61. The number of nitrogens with one attached hydrogen (secondary N) is 1. The molecule has 2 aromatic rings. The molecular formula is C23H24N2O6. The molecule has 1 saturated carbocycles. The summed E-state index contributed by atoms with van der Waals surface area (Å²) in [5.41, 5.74) is 3.93. The Hall–Kier alpha value is -3.09. The molecule has 0 unspecified atom stereocenters. The van der Waals surface area contributed by atoms with Crippen LogP contribution < -0.4 is 5.48 Å². The number of aromatic carboxylic acids is 1. The van der Waals surface area contributed by atoms with Gasteiger partial charge in [0, 0.05) is 17.6 Å². The minimum atomic E-state index is -1.13. The summed E-state index contributed by atoms with van der Waals surface area (Å²) in [6.07, 6.45) is 2.33. The van der Waals surface area contributed by atoms with Crippen molar-refractivity contribution in [1.29, 1.82) is 0 Å². The van der Waals surface area contributed by atoms with Crippen LogP contribution in [0.1, 0.15) is 67.6 Å². The van der Waals surface area contributed by atoms with Crippen LogP contribution in [-0.2, 0) is 19.8 Å². The second-order valence-electron chi connectivity index (χ2n) is 9.28. The minimum Gasteiger partial charge on any atom is -0.475 e. The summed E-state index contributed by atoms with van der Waals surface area (Å²) in [7, 11) is 0. The van der Waals surface area contributed by atoms with Gasteiger partial charge in [0.2, 0.25) is 5.76 Å². The maximum Gasteiger partial charge on any atom is 0.372 e. The fourth-order valence-corrected chi connectivity index (χ4v) is 5.29. The predicted molar refractivity (Wildman–Crippen MR) is 112 cm³/mol. The third-order valence-corrected chi connectivity index (χ3v) is 6.80. The van der Waals surface area contributed by atoms with Gasteiger partial charge in [0.1, 0.15) is 5.58 Å². The van der Waals surface area contributed by atoms with Crippen molar-refractivity contribution in [3.8, 4) is 0 Å². The summed E-state index contributed by atoms with van der Waals surface area (Å²) in [5, 5.41) is 10.8. The second kappa shape index (κ2) is 6.70. The Morgan fingerprint density at radius 1 is 1.32 bits per heavy atom. The summed E-state index contributed by atoms with van der Waals surface area (Å²) in [6, 6.07) is 5.76. The Balaban J connectivity index is 1.75. The van der Waals surface area contributed by atoms with Crippen molar-refractivity contribution in [3.63, 3.8) is 0 Å². The van der Waals surface area contributed by atoms with Crippen LogP contribution in [-0.4, -0.2) is 35.1 Å². The maximum absolute atomic E-state index is 12.2. The molecule has 2 fully saturated rings. The first-order valence-electron chi connectivity index (χ1n) is 10.5. The second-order valence-corrected chi connectivity index (χ2v) is 9.28. The number of hydrogen-bond donors (Lipinski definition) is 2. The van der Waals surface area contributed by atoms with E-state index in [1.807, 2.05) is 13.0 Å². The molecule has 0 bridgehead atoms. The summed E-state index contributed by atoms with van der Waals surface area (Å²) < 4.78 is 11.8.